The molecule has 2 aromatic carbocycles. The highest BCUT2D eigenvalue weighted by Crippen LogP contribution is 2.28. The molecule has 156 valence electrons. The van der Waals surface area contributed by atoms with Gasteiger partial charge in [0.15, 0.2) is 0 Å². The second kappa shape index (κ2) is 8.95. The van der Waals surface area contributed by atoms with Gasteiger partial charge in [0.25, 0.3) is 0 Å². The van der Waals surface area contributed by atoms with E-state index in [0.29, 0.717) is 28.8 Å². The third-order valence-electron chi connectivity index (χ3n) is 4.84. The molecule has 30 heavy (non-hydrogen) atoms. The highest BCUT2D eigenvalue weighted by Gasteiger charge is 2.27. The number of ether oxygens (including phenoxy) is 1. The van der Waals surface area contributed by atoms with Crippen LogP contribution in [0.15, 0.2) is 63.9 Å². The van der Waals surface area contributed by atoms with Crippen LogP contribution in [0.3, 0.4) is 0 Å². The predicted molar refractivity (Wildman–Crippen MR) is 120 cm³/mol. The van der Waals surface area contributed by atoms with E-state index in [4.69, 9.17) is 4.74 Å². The molecule has 1 fully saturated rings. The molecule has 7 nitrogen and oxygen atoms in total. The van der Waals surface area contributed by atoms with E-state index in [9.17, 15) is 8.42 Å². The maximum Gasteiger partial charge on any atom is 0.243 e. The molecule has 0 atom stereocenters. The Hall–Kier alpha value is -2.75. The zero-order chi connectivity index (χ0) is 21.0. The average Bonchev–Trinajstić information content (AvgIpc) is 3.47. The molecular formula is C21H22N4O3S2. The Morgan fingerprint density at radius 1 is 1.17 bits per heavy atom. The van der Waals surface area contributed by atoms with E-state index in [1.54, 1.807) is 35.8 Å². The summed E-state index contributed by atoms with van der Waals surface area (Å²) in [7, 11) is -1.84. The van der Waals surface area contributed by atoms with E-state index in [1.807, 2.05) is 35.7 Å². The van der Waals surface area contributed by atoms with Gasteiger partial charge in [0.1, 0.15) is 5.75 Å². The van der Waals surface area contributed by atoms with Gasteiger partial charge in [-0.25, -0.2) is 13.4 Å². The van der Waals surface area contributed by atoms with Crippen LogP contribution in [0.5, 0.6) is 5.75 Å². The molecule has 4 rings (SSSR count). The molecule has 1 N–H and O–H groups in total. The molecule has 0 saturated carbocycles. The highest BCUT2D eigenvalue weighted by atomic mass is 32.2. The first-order chi connectivity index (χ1) is 14.6. The van der Waals surface area contributed by atoms with Crippen molar-refractivity contribution in [2.75, 3.05) is 25.6 Å². The van der Waals surface area contributed by atoms with Crippen molar-refractivity contribution < 1.29 is 13.2 Å². The maximum absolute atomic E-state index is 12.8. The number of hydrogen-bond acceptors (Lipinski definition) is 7. The van der Waals surface area contributed by atoms with Crippen molar-refractivity contribution in [3.8, 4) is 17.0 Å². The number of rotatable bonds is 7. The first-order valence-corrected chi connectivity index (χ1v) is 11.9. The Balaban J connectivity index is 1.50. The average molecular weight is 443 g/mol. The number of methoxy groups -OCH3 is 1. The molecule has 1 saturated heterocycles. The number of benzene rings is 2. The molecule has 0 unspecified atom stereocenters. The number of hydrogen-bond donors (Lipinski definition) is 1. The summed E-state index contributed by atoms with van der Waals surface area (Å²) in [6.07, 6.45) is 3.49. The monoisotopic (exact) mass is 442 g/mol. The van der Waals surface area contributed by atoms with Gasteiger partial charge in [-0.1, -0.05) is 24.3 Å². The molecule has 2 heterocycles. The van der Waals surface area contributed by atoms with Crippen LogP contribution in [0.1, 0.15) is 18.4 Å². The lowest BCUT2D eigenvalue weighted by Crippen LogP contribution is -2.27. The SMILES string of the molecule is COc1ccccc1C=NNc1nc(-c2cccc(S(=O)(=O)N3CCCC3)c2)cs1. The smallest absolute Gasteiger partial charge is 0.243 e. The van der Waals surface area contributed by atoms with Crippen LogP contribution in [0.2, 0.25) is 0 Å². The van der Waals surface area contributed by atoms with Gasteiger partial charge < -0.3 is 4.74 Å². The van der Waals surface area contributed by atoms with Gasteiger partial charge in [-0.3, -0.25) is 5.43 Å². The number of nitrogens with zero attached hydrogens (tertiary/aromatic N) is 3. The van der Waals surface area contributed by atoms with Crippen molar-refractivity contribution in [1.82, 2.24) is 9.29 Å². The summed E-state index contributed by atoms with van der Waals surface area (Å²) in [5.74, 6) is 0.735. The molecular weight excluding hydrogens is 420 g/mol. The first-order valence-electron chi connectivity index (χ1n) is 9.56. The largest absolute Gasteiger partial charge is 0.496 e. The summed E-state index contributed by atoms with van der Waals surface area (Å²) in [6.45, 7) is 1.17. The van der Waals surface area contributed by atoms with Crippen LogP contribution in [0.25, 0.3) is 11.3 Å². The third kappa shape index (κ3) is 4.38. The topological polar surface area (TPSA) is 83.9 Å². The summed E-state index contributed by atoms with van der Waals surface area (Å²) in [4.78, 5) is 4.83. The van der Waals surface area contributed by atoms with Crippen molar-refractivity contribution in [3.05, 3.63) is 59.5 Å². The molecule has 0 amide bonds. The van der Waals surface area contributed by atoms with Crippen molar-refractivity contribution >= 4 is 32.7 Å². The number of anilines is 1. The summed E-state index contributed by atoms with van der Waals surface area (Å²) >= 11 is 1.40. The Morgan fingerprint density at radius 2 is 1.97 bits per heavy atom. The Labute approximate surface area is 180 Å². The zero-order valence-corrected chi connectivity index (χ0v) is 18.1. The van der Waals surface area contributed by atoms with E-state index < -0.39 is 10.0 Å². The Bertz CT molecular complexity index is 1150. The molecule has 1 aliphatic heterocycles. The second-order valence-corrected chi connectivity index (χ2v) is 9.58. The van der Waals surface area contributed by atoms with Crippen LogP contribution >= 0.6 is 11.3 Å². The number of para-hydroxylation sites is 1. The fraction of sp³-hybridized carbons (Fsp3) is 0.238. The van der Waals surface area contributed by atoms with E-state index >= 15 is 0 Å². The van der Waals surface area contributed by atoms with Gasteiger partial charge in [-0.05, 0) is 37.1 Å². The summed E-state index contributed by atoms with van der Waals surface area (Å²) in [5, 5.41) is 6.72. The number of thiazole rings is 1. The Morgan fingerprint density at radius 3 is 2.77 bits per heavy atom. The lowest BCUT2D eigenvalue weighted by Gasteiger charge is -2.15. The van der Waals surface area contributed by atoms with Crippen LogP contribution in [0.4, 0.5) is 5.13 Å². The number of aromatic nitrogens is 1. The molecule has 0 bridgehead atoms. The molecule has 0 aliphatic carbocycles. The molecule has 1 aliphatic rings. The quantitative estimate of drug-likeness (QED) is 0.441. The van der Waals surface area contributed by atoms with E-state index in [1.165, 1.54) is 11.3 Å². The standard InChI is InChI=1S/C21H22N4O3S2/c1-28-20-10-3-2-7-17(20)14-22-24-21-23-19(15-29-21)16-8-6-9-18(13-16)30(26,27)25-11-4-5-12-25/h2-3,6-10,13-15H,4-5,11-12H2,1H3,(H,23,24). The number of sulfonamides is 1. The Kier molecular flexibility index (Phi) is 6.12. The zero-order valence-electron chi connectivity index (χ0n) is 16.5. The van der Waals surface area contributed by atoms with Crippen molar-refractivity contribution in [3.63, 3.8) is 0 Å². The maximum atomic E-state index is 12.8. The van der Waals surface area contributed by atoms with Gasteiger partial charge >= 0.3 is 0 Å². The molecule has 3 aromatic rings. The lowest BCUT2D eigenvalue weighted by atomic mass is 10.2. The number of nitrogens with one attached hydrogen (secondary N) is 1. The highest BCUT2D eigenvalue weighted by molar-refractivity contribution is 7.89. The minimum absolute atomic E-state index is 0.304. The summed E-state index contributed by atoms with van der Waals surface area (Å²) in [5.41, 5.74) is 5.23. The first kappa shape index (κ1) is 20.5. The summed E-state index contributed by atoms with van der Waals surface area (Å²) < 4.78 is 32.5. The van der Waals surface area contributed by atoms with Gasteiger partial charge in [0.05, 0.1) is 23.9 Å². The van der Waals surface area contributed by atoms with Gasteiger partial charge in [-0.2, -0.15) is 9.41 Å². The molecule has 9 heteroatoms. The third-order valence-corrected chi connectivity index (χ3v) is 7.48. The predicted octanol–water partition coefficient (Wildman–Crippen LogP) is 4.05. The minimum Gasteiger partial charge on any atom is -0.496 e. The van der Waals surface area contributed by atoms with Crippen LogP contribution in [-0.2, 0) is 10.0 Å². The summed E-state index contributed by atoms with van der Waals surface area (Å²) in [6, 6.07) is 14.5. The lowest BCUT2D eigenvalue weighted by molar-refractivity contribution is 0.414. The molecule has 0 radical (unpaired) electrons. The van der Waals surface area contributed by atoms with E-state index in [-0.39, 0.29) is 0 Å². The van der Waals surface area contributed by atoms with Crippen LogP contribution in [-0.4, -0.2) is 44.1 Å². The van der Waals surface area contributed by atoms with Gasteiger partial charge in [0.2, 0.25) is 15.2 Å². The van der Waals surface area contributed by atoms with Gasteiger partial charge in [-0.15, -0.1) is 11.3 Å². The fourth-order valence-electron chi connectivity index (χ4n) is 3.28. The van der Waals surface area contributed by atoms with Crippen molar-refractivity contribution in [2.24, 2.45) is 5.10 Å². The fourth-order valence-corrected chi connectivity index (χ4v) is 5.51. The minimum atomic E-state index is -3.46. The number of hydrazone groups is 1. The van der Waals surface area contributed by atoms with Crippen molar-refractivity contribution in [2.45, 2.75) is 17.7 Å². The second-order valence-electron chi connectivity index (χ2n) is 6.79. The van der Waals surface area contributed by atoms with Crippen LogP contribution in [0, 0.1) is 0 Å². The molecule has 1 aromatic heterocycles. The van der Waals surface area contributed by atoms with Gasteiger partial charge in [0, 0.05) is 29.6 Å². The van der Waals surface area contributed by atoms with E-state index in [2.05, 4.69) is 15.5 Å². The van der Waals surface area contributed by atoms with E-state index in [0.717, 1.165) is 29.7 Å². The normalized spacial score (nSPS) is 15.0. The van der Waals surface area contributed by atoms with Crippen molar-refractivity contribution in [1.29, 1.82) is 0 Å². The van der Waals surface area contributed by atoms with Crippen LogP contribution < -0.4 is 10.2 Å². The molecule has 0 spiro atoms.